The molecule has 0 spiro atoms. The average Bonchev–Trinajstić information content (AvgIpc) is 2.85. The van der Waals surface area contributed by atoms with Gasteiger partial charge < -0.3 is 4.57 Å². The molecule has 2 aromatic carbocycles. The molecule has 0 unspecified atom stereocenters. The number of aldehydes is 1. The minimum atomic E-state index is 0.0699. The largest absolute Gasteiger partial charge is 0.339 e. The van der Waals surface area contributed by atoms with Crippen LogP contribution in [0.3, 0.4) is 0 Å². The zero-order chi connectivity index (χ0) is 15.5. The number of carbonyl (C=O) groups is 2. The van der Waals surface area contributed by atoms with Crippen LogP contribution in [-0.4, -0.2) is 16.6 Å². The van der Waals surface area contributed by atoms with Crippen molar-refractivity contribution in [2.24, 2.45) is 0 Å². The van der Waals surface area contributed by atoms with Crippen LogP contribution in [0, 0.1) is 0 Å². The lowest BCUT2D eigenvalue weighted by Gasteiger charge is -2.05. The number of para-hydroxylation sites is 1. The van der Waals surface area contributed by atoms with Crippen molar-refractivity contribution in [3.05, 3.63) is 70.9 Å². The van der Waals surface area contributed by atoms with Gasteiger partial charge >= 0.3 is 0 Å². The standard InChI is InChI=1S/C18H14ClNO2/c19-15-5-3-4-13(8-15)9-16(22)11-20-10-14(12-21)17-6-1-2-7-18(17)20/h1-8,10,12H,9,11H2. The van der Waals surface area contributed by atoms with Gasteiger partial charge in [-0.1, -0.05) is 41.9 Å². The molecule has 3 rings (SSSR count). The molecular weight excluding hydrogens is 298 g/mol. The van der Waals surface area contributed by atoms with E-state index in [1.165, 1.54) is 0 Å². The number of hydrogen-bond acceptors (Lipinski definition) is 2. The van der Waals surface area contributed by atoms with Crippen molar-refractivity contribution < 1.29 is 9.59 Å². The number of rotatable bonds is 5. The van der Waals surface area contributed by atoms with Gasteiger partial charge in [0.2, 0.25) is 0 Å². The molecule has 3 nitrogen and oxygen atoms in total. The summed E-state index contributed by atoms with van der Waals surface area (Å²) in [5, 5.41) is 1.49. The van der Waals surface area contributed by atoms with Crippen molar-refractivity contribution in [3.63, 3.8) is 0 Å². The van der Waals surface area contributed by atoms with Crippen LogP contribution in [0.2, 0.25) is 5.02 Å². The quantitative estimate of drug-likeness (QED) is 0.670. The smallest absolute Gasteiger partial charge is 0.156 e. The van der Waals surface area contributed by atoms with E-state index in [0.717, 1.165) is 22.8 Å². The number of Topliss-reactive ketones (excluding diaryl/α,β-unsaturated/α-hetero) is 1. The minimum absolute atomic E-state index is 0.0699. The third kappa shape index (κ3) is 2.95. The Bertz CT molecular complexity index is 851. The van der Waals surface area contributed by atoms with E-state index in [2.05, 4.69) is 0 Å². The van der Waals surface area contributed by atoms with Gasteiger partial charge in [-0.3, -0.25) is 9.59 Å². The summed E-state index contributed by atoms with van der Waals surface area (Å²) in [5.74, 6) is 0.0699. The molecule has 0 aliphatic carbocycles. The predicted octanol–water partition coefficient (Wildman–Crippen LogP) is 3.92. The number of fused-ring (bicyclic) bond motifs is 1. The second kappa shape index (κ2) is 6.16. The lowest BCUT2D eigenvalue weighted by atomic mass is 10.1. The highest BCUT2D eigenvalue weighted by molar-refractivity contribution is 6.30. The van der Waals surface area contributed by atoms with Crippen LogP contribution in [0.15, 0.2) is 54.7 Å². The van der Waals surface area contributed by atoms with E-state index in [1.54, 1.807) is 18.3 Å². The fourth-order valence-corrected chi connectivity index (χ4v) is 2.83. The predicted molar refractivity (Wildman–Crippen MR) is 87.5 cm³/mol. The molecule has 0 saturated carbocycles. The van der Waals surface area contributed by atoms with Crippen LogP contribution < -0.4 is 0 Å². The first-order chi connectivity index (χ1) is 10.7. The Morgan fingerprint density at radius 1 is 1.14 bits per heavy atom. The van der Waals surface area contributed by atoms with Gasteiger partial charge in [0.25, 0.3) is 0 Å². The first-order valence-electron chi connectivity index (χ1n) is 6.96. The van der Waals surface area contributed by atoms with E-state index >= 15 is 0 Å². The van der Waals surface area contributed by atoms with Gasteiger partial charge in [0.05, 0.1) is 6.54 Å². The van der Waals surface area contributed by atoms with Crippen molar-refractivity contribution in [1.82, 2.24) is 4.57 Å². The molecule has 0 fully saturated rings. The summed E-state index contributed by atoms with van der Waals surface area (Å²) in [4.78, 5) is 23.4. The Hall–Kier alpha value is -2.39. The van der Waals surface area contributed by atoms with E-state index in [-0.39, 0.29) is 12.3 Å². The molecule has 0 atom stereocenters. The second-order valence-corrected chi connectivity index (χ2v) is 5.63. The van der Waals surface area contributed by atoms with Gasteiger partial charge in [0.1, 0.15) is 0 Å². The molecule has 1 heterocycles. The number of aromatic nitrogens is 1. The Kier molecular flexibility index (Phi) is 4.07. The average molecular weight is 312 g/mol. The monoisotopic (exact) mass is 311 g/mol. The van der Waals surface area contributed by atoms with Crippen molar-refractivity contribution >= 4 is 34.6 Å². The molecule has 4 heteroatoms. The van der Waals surface area contributed by atoms with Crippen LogP contribution in [-0.2, 0) is 17.8 Å². The highest BCUT2D eigenvalue weighted by Crippen LogP contribution is 2.20. The van der Waals surface area contributed by atoms with Gasteiger partial charge in [-0.25, -0.2) is 0 Å². The number of carbonyl (C=O) groups excluding carboxylic acids is 2. The Balaban J connectivity index is 1.84. The van der Waals surface area contributed by atoms with Gasteiger partial charge in [-0.05, 0) is 23.8 Å². The van der Waals surface area contributed by atoms with Crippen LogP contribution in [0.5, 0.6) is 0 Å². The number of nitrogens with zero attached hydrogens (tertiary/aromatic N) is 1. The van der Waals surface area contributed by atoms with Crippen LogP contribution >= 0.6 is 11.6 Å². The Morgan fingerprint density at radius 3 is 2.73 bits per heavy atom. The SMILES string of the molecule is O=Cc1cn(CC(=O)Cc2cccc(Cl)c2)c2ccccc12. The topological polar surface area (TPSA) is 39.1 Å². The molecule has 22 heavy (non-hydrogen) atoms. The summed E-state index contributed by atoms with van der Waals surface area (Å²) < 4.78 is 1.83. The lowest BCUT2D eigenvalue weighted by molar-refractivity contribution is -0.118. The summed E-state index contributed by atoms with van der Waals surface area (Å²) in [7, 11) is 0. The summed E-state index contributed by atoms with van der Waals surface area (Å²) >= 11 is 5.93. The molecule has 3 aromatic rings. The van der Waals surface area contributed by atoms with Gasteiger partial charge in [0, 0.05) is 34.1 Å². The highest BCUT2D eigenvalue weighted by atomic mass is 35.5. The molecule has 0 aliphatic heterocycles. The highest BCUT2D eigenvalue weighted by Gasteiger charge is 2.11. The molecule has 1 aromatic heterocycles. The Morgan fingerprint density at radius 2 is 1.95 bits per heavy atom. The maximum absolute atomic E-state index is 12.3. The first kappa shape index (κ1) is 14.5. The third-order valence-corrected chi connectivity index (χ3v) is 3.82. The van der Waals surface area contributed by atoms with E-state index in [9.17, 15) is 9.59 Å². The molecule has 110 valence electrons. The number of halogens is 1. The molecule has 0 radical (unpaired) electrons. The molecule has 0 saturated heterocycles. The lowest BCUT2D eigenvalue weighted by Crippen LogP contribution is -2.11. The maximum Gasteiger partial charge on any atom is 0.156 e. The van der Waals surface area contributed by atoms with E-state index in [4.69, 9.17) is 11.6 Å². The van der Waals surface area contributed by atoms with Crippen LogP contribution in [0.25, 0.3) is 10.9 Å². The zero-order valence-electron chi connectivity index (χ0n) is 11.8. The number of benzene rings is 2. The second-order valence-electron chi connectivity index (χ2n) is 5.19. The zero-order valence-corrected chi connectivity index (χ0v) is 12.6. The molecule has 0 amide bonds. The van der Waals surface area contributed by atoms with E-state index < -0.39 is 0 Å². The van der Waals surface area contributed by atoms with Gasteiger partial charge in [0.15, 0.2) is 12.1 Å². The summed E-state index contributed by atoms with van der Waals surface area (Å²) in [6.07, 6.45) is 2.87. The molecule has 0 aliphatic rings. The molecule has 0 bridgehead atoms. The van der Waals surface area contributed by atoms with Crippen molar-refractivity contribution in [3.8, 4) is 0 Å². The molecule has 0 N–H and O–H groups in total. The fourth-order valence-electron chi connectivity index (χ4n) is 2.62. The maximum atomic E-state index is 12.3. The number of ketones is 1. The normalized spacial score (nSPS) is 10.8. The first-order valence-corrected chi connectivity index (χ1v) is 7.34. The van der Waals surface area contributed by atoms with Crippen molar-refractivity contribution in [2.75, 3.05) is 0 Å². The van der Waals surface area contributed by atoms with Gasteiger partial charge in [-0.15, -0.1) is 0 Å². The van der Waals surface area contributed by atoms with Crippen molar-refractivity contribution in [1.29, 1.82) is 0 Å². The third-order valence-electron chi connectivity index (χ3n) is 3.58. The summed E-state index contributed by atoms with van der Waals surface area (Å²) in [5.41, 5.74) is 2.39. The summed E-state index contributed by atoms with van der Waals surface area (Å²) in [6, 6.07) is 14.9. The Labute approximate surface area is 133 Å². The number of hydrogen-bond donors (Lipinski definition) is 0. The van der Waals surface area contributed by atoms with Gasteiger partial charge in [-0.2, -0.15) is 0 Å². The van der Waals surface area contributed by atoms with E-state index in [0.29, 0.717) is 17.0 Å². The summed E-state index contributed by atoms with van der Waals surface area (Å²) in [6.45, 7) is 0.237. The minimum Gasteiger partial charge on any atom is -0.339 e. The molecular formula is C18H14ClNO2. The fraction of sp³-hybridized carbons (Fsp3) is 0.111. The van der Waals surface area contributed by atoms with Crippen LogP contribution in [0.4, 0.5) is 0 Å². The van der Waals surface area contributed by atoms with Crippen LogP contribution in [0.1, 0.15) is 15.9 Å². The van der Waals surface area contributed by atoms with Crippen molar-refractivity contribution in [2.45, 2.75) is 13.0 Å². The van der Waals surface area contributed by atoms with E-state index in [1.807, 2.05) is 41.0 Å².